The molecule has 27 heavy (non-hydrogen) atoms. The van der Waals surface area contributed by atoms with E-state index in [-0.39, 0.29) is 29.7 Å². The van der Waals surface area contributed by atoms with Crippen molar-refractivity contribution in [3.63, 3.8) is 0 Å². The summed E-state index contributed by atoms with van der Waals surface area (Å²) in [5, 5.41) is 6.36. The Bertz CT molecular complexity index is 840. The molecule has 0 aromatic heterocycles. The molecule has 0 saturated carbocycles. The summed E-state index contributed by atoms with van der Waals surface area (Å²) in [6, 6.07) is 5.35. The topological polar surface area (TPSA) is 78.5 Å². The van der Waals surface area contributed by atoms with Gasteiger partial charge in [-0.2, -0.15) is 0 Å². The number of nitrogens with one attached hydrogen (secondary N) is 2. The lowest BCUT2D eigenvalue weighted by molar-refractivity contribution is -0.143. The van der Waals surface area contributed by atoms with E-state index in [9.17, 15) is 14.4 Å². The molecule has 1 spiro atoms. The van der Waals surface area contributed by atoms with Crippen LogP contribution < -0.4 is 10.6 Å². The molecule has 4 rings (SSSR count). The Hall–Kier alpha value is -1.73. The van der Waals surface area contributed by atoms with Crippen LogP contribution in [0.2, 0.25) is 0 Å². The number of carbonyl (C=O) groups is 3. The van der Waals surface area contributed by atoms with Gasteiger partial charge in [-0.25, -0.2) is 0 Å². The minimum absolute atomic E-state index is 0.115. The van der Waals surface area contributed by atoms with E-state index in [1.807, 2.05) is 39.0 Å². The number of rotatable bonds is 4. The van der Waals surface area contributed by atoms with Gasteiger partial charge in [0.1, 0.15) is 5.54 Å². The quantitative estimate of drug-likeness (QED) is 0.715. The lowest BCUT2D eigenvalue weighted by atomic mass is 9.76. The van der Waals surface area contributed by atoms with Gasteiger partial charge < -0.3 is 5.32 Å². The second kappa shape index (κ2) is 6.41. The average molecular weight is 434 g/mol. The van der Waals surface area contributed by atoms with Crippen molar-refractivity contribution in [1.82, 2.24) is 10.2 Å². The lowest BCUT2D eigenvalue weighted by Crippen LogP contribution is -2.54. The molecule has 4 atom stereocenters. The molecule has 0 unspecified atom stereocenters. The molecule has 3 heterocycles. The Balaban J connectivity index is 1.86. The molecular formula is C20H24BrN3O3. The van der Waals surface area contributed by atoms with E-state index in [1.54, 1.807) is 0 Å². The minimum Gasteiger partial charge on any atom is -0.324 e. The van der Waals surface area contributed by atoms with Crippen molar-refractivity contribution in [3.8, 4) is 0 Å². The summed E-state index contributed by atoms with van der Waals surface area (Å²) in [6.45, 7) is 6.50. The summed E-state index contributed by atoms with van der Waals surface area (Å²) >= 11 is 3.48. The molecule has 0 bridgehead atoms. The van der Waals surface area contributed by atoms with E-state index in [0.717, 1.165) is 22.9 Å². The SMILES string of the molecule is CCCCN1C(=O)[C@@H]2[C@@H](C(C)C)N[C@]3(C(=O)Nc4ccc(Br)cc43)[C@@H]2C1=O. The maximum Gasteiger partial charge on any atom is 0.250 e. The fourth-order valence-corrected chi connectivity index (χ4v) is 5.24. The molecule has 1 aromatic rings. The standard InChI is InChI=1S/C20H24BrN3O3/c1-4-5-8-24-17(25)14-15(18(24)26)20(23-16(14)10(2)3)12-9-11(21)6-7-13(12)22-19(20)27/h6-7,9-10,14-16,23H,4-5,8H2,1-3H3,(H,22,27)/t14-,15-,16+,20-/m0/s1. The van der Waals surface area contributed by atoms with Crippen LogP contribution in [-0.2, 0) is 19.9 Å². The second-order valence-corrected chi connectivity index (χ2v) is 8.97. The van der Waals surface area contributed by atoms with Gasteiger partial charge >= 0.3 is 0 Å². The number of amides is 3. The number of benzene rings is 1. The highest BCUT2D eigenvalue weighted by molar-refractivity contribution is 9.10. The molecule has 6 nitrogen and oxygen atoms in total. The van der Waals surface area contributed by atoms with Crippen LogP contribution in [0.15, 0.2) is 22.7 Å². The van der Waals surface area contributed by atoms with Crippen molar-refractivity contribution in [2.45, 2.75) is 45.2 Å². The number of imide groups is 1. The number of anilines is 1. The van der Waals surface area contributed by atoms with Crippen molar-refractivity contribution in [2.75, 3.05) is 11.9 Å². The minimum atomic E-state index is -1.19. The molecule has 144 valence electrons. The summed E-state index contributed by atoms with van der Waals surface area (Å²) in [4.78, 5) is 41.1. The van der Waals surface area contributed by atoms with Crippen LogP contribution in [0.4, 0.5) is 5.69 Å². The number of carbonyl (C=O) groups excluding carboxylic acids is 3. The first-order valence-corrected chi connectivity index (χ1v) is 10.4. The smallest absolute Gasteiger partial charge is 0.250 e. The molecule has 1 aromatic carbocycles. The second-order valence-electron chi connectivity index (χ2n) is 8.05. The summed E-state index contributed by atoms with van der Waals surface area (Å²) in [5.74, 6) is -1.71. The van der Waals surface area contributed by atoms with E-state index >= 15 is 0 Å². The molecule has 2 fully saturated rings. The van der Waals surface area contributed by atoms with Gasteiger partial charge in [-0.15, -0.1) is 0 Å². The van der Waals surface area contributed by atoms with Crippen molar-refractivity contribution < 1.29 is 14.4 Å². The van der Waals surface area contributed by atoms with Gasteiger partial charge in [-0.05, 0) is 30.5 Å². The highest BCUT2D eigenvalue weighted by Crippen LogP contribution is 2.54. The zero-order valence-electron chi connectivity index (χ0n) is 15.7. The normalized spacial score (nSPS) is 31.8. The molecule has 3 aliphatic rings. The Morgan fingerprint density at radius 3 is 2.63 bits per heavy atom. The van der Waals surface area contributed by atoms with Crippen LogP contribution in [0.3, 0.4) is 0 Å². The Morgan fingerprint density at radius 2 is 1.96 bits per heavy atom. The van der Waals surface area contributed by atoms with Crippen LogP contribution in [0, 0.1) is 17.8 Å². The predicted molar refractivity (Wildman–Crippen MR) is 105 cm³/mol. The van der Waals surface area contributed by atoms with E-state index in [4.69, 9.17) is 0 Å². The number of hydrogen-bond donors (Lipinski definition) is 2. The number of fused-ring (bicyclic) bond motifs is 4. The van der Waals surface area contributed by atoms with Crippen molar-refractivity contribution in [3.05, 3.63) is 28.2 Å². The summed E-state index contributed by atoms with van der Waals surface area (Å²) in [7, 11) is 0. The molecule has 0 aliphatic carbocycles. The van der Waals surface area contributed by atoms with Crippen LogP contribution in [-0.4, -0.2) is 35.2 Å². The Morgan fingerprint density at radius 1 is 1.22 bits per heavy atom. The van der Waals surface area contributed by atoms with Gasteiger partial charge in [0, 0.05) is 28.3 Å². The maximum absolute atomic E-state index is 13.3. The first-order chi connectivity index (χ1) is 12.8. The van der Waals surface area contributed by atoms with Crippen LogP contribution >= 0.6 is 15.9 Å². The Kier molecular flexibility index (Phi) is 4.42. The molecule has 0 radical (unpaired) electrons. The zero-order valence-corrected chi connectivity index (χ0v) is 17.3. The van der Waals surface area contributed by atoms with Gasteiger partial charge in [0.25, 0.3) is 0 Å². The highest BCUT2D eigenvalue weighted by Gasteiger charge is 2.70. The van der Waals surface area contributed by atoms with Gasteiger partial charge in [-0.1, -0.05) is 43.1 Å². The highest BCUT2D eigenvalue weighted by atomic mass is 79.9. The number of nitrogens with zero attached hydrogens (tertiary/aromatic N) is 1. The van der Waals surface area contributed by atoms with Crippen molar-refractivity contribution >= 4 is 39.3 Å². The molecule has 2 saturated heterocycles. The lowest BCUT2D eigenvalue weighted by Gasteiger charge is -2.30. The monoisotopic (exact) mass is 433 g/mol. The van der Waals surface area contributed by atoms with Crippen molar-refractivity contribution in [1.29, 1.82) is 0 Å². The average Bonchev–Trinajstić information content (AvgIpc) is 3.20. The molecule has 3 aliphatic heterocycles. The Labute approximate surface area is 167 Å². The first kappa shape index (κ1) is 18.6. The molecule has 2 N–H and O–H groups in total. The predicted octanol–water partition coefficient (Wildman–Crippen LogP) is 2.63. The third kappa shape index (κ3) is 2.44. The summed E-state index contributed by atoms with van der Waals surface area (Å²) < 4.78 is 0.836. The van der Waals surface area contributed by atoms with Crippen LogP contribution in [0.1, 0.15) is 39.2 Å². The van der Waals surface area contributed by atoms with E-state index in [1.165, 1.54) is 4.90 Å². The zero-order chi connectivity index (χ0) is 19.5. The summed E-state index contributed by atoms with van der Waals surface area (Å²) in [5.41, 5.74) is 0.261. The number of likely N-dealkylation sites (tertiary alicyclic amines) is 1. The number of hydrogen-bond acceptors (Lipinski definition) is 4. The largest absolute Gasteiger partial charge is 0.324 e. The van der Waals surface area contributed by atoms with Gasteiger partial charge in [0.2, 0.25) is 17.7 Å². The van der Waals surface area contributed by atoms with E-state index in [0.29, 0.717) is 12.2 Å². The molecular weight excluding hydrogens is 410 g/mol. The first-order valence-electron chi connectivity index (χ1n) is 9.57. The van der Waals surface area contributed by atoms with Crippen LogP contribution in [0.5, 0.6) is 0 Å². The third-order valence-electron chi connectivity index (χ3n) is 6.16. The number of unbranched alkanes of at least 4 members (excludes halogenated alkanes) is 1. The third-order valence-corrected chi connectivity index (χ3v) is 6.65. The fraction of sp³-hybridized carbons (Fsp3) is 0.550. The van der Waals surface area contributed by atoms with E-state index in [2.05, 4.69) is 26.6 Å². The van der Waals surface area contributed by atoms with Gasteiger partial charge in [0.15, 0.2) is 0 Å². The summed E-state index contributed by atoms with van der Waals surface area (Å²) in [6.07, 6.45) is 1.68. The maximum atomic E-state index is 13.3. The fourth-order valence-electron chi connectivity index (χ4n) is 4.88. The number of halogens is 1. The molecule has 3 amide bonds. The van der Waals surface area contributed by atoms with Gasteiger partial charge in [-0.3, -0.25) is 24.6 Å². The van der Waals surface area contributed by atoms with Crippen molar-refractivity contribution in [2.24, 2.45) is 17.8 Å². The van der Waals surface area contributed by atoms with E-state index < -0.39 is 17.4 Å². The molecule has 7 heteroatoms. The van der Waals surface area contributed by atoms with Crippen LogP contribution in [0.25, 0.3) is 0 Å². The van der Waals surface area contributed by atoms with Gasteiger partial charge in [0.05, 0.1) is 11.8 Å².